The second-order valence-electron chi connectivity index (χ2n) is 8.65. The summed E-state index contributed by atoms with van der Waals surface area (Å²) in [5.74, 6) is 0.904. The number of nitrogens with zero attached hydrogens (tertiary/aromatic N) is 1. The van der Waals surface area contributed by atoms with E-state index in [1.807, 2.05) is 0 Å². The Morgan fingerprint density at radius 3 is 1.74 bits per heavy atom. The van der Waals surface area contributed by atoms with Crippen molar-refractivity contribution < 1.29 is 4.65 Å². The molecule has 0 saturated heterocycles. The summed E-state index contributed by atoms with van der Waals surface area (Å²) >= 11 is 0. The van der Waals surface area contributed by atoms with E-state index in [0.29, 0.717) is 0 Å². The summed E-state index contributed by atoms with van der Waals surface area (Å²) in [5, 5.41) is 0. The Labute approximate surface area is 201 Å². The Balaban J connectivity index is 1.63. The van der Waals surface area contributed by atoms with Gasteiger partial charge in [-0.15, -0.1) is 0 Å². The van der Waals surface area contributed by atoms with E-state index in [1.165, 1.54) is 27.8 Å². The van der Waals surface area contributed by atoms with Gasteiger partial charge in [-0.05, 0) is 59.0 Å². The van der Waals surface area contributed by atoms with Crippen LogP contribution in [-0.2, 0) is 0 Å². The number of benzene rings is 5. The highest BCUT2D eigenvalue weighted by atomic mass is 16.5. The number of aryl methyl sites for hydroxylation is 1. The van der Waals surface area contributed by atoms with Crippen LogP contribution in [0.25, 0.3) is 22.3 Å². The monoisotopic (exact) mass is 437 g/mol. The average Bonchev–Trinajstić information content (AvgIpc) is 3.28. The summed E-state index contributed by atoms with van der Waals surface area (Å²) in [6.07, 6.45) is 0. The largest absolute Gasteiger partial charge is 0.536 e. The molecule has 0 spiro atoms. The fourth-order valence-electron chi connectivity index (χ4n) is 4.84. The van der Waals surface area contributed by atoms with Gasteiger partial charge in [0.25, 0.3) is 0 Å². The van der Waals surface area contributed by atoms with E-state index >= 15 is 0 Å². The zero-order chi connectivity index (χ0) is 22.9. The van der Waals surface area contributed by atoms with Gasteiger partial charge >= 0.3 is 7.05 Å². The maximum absolute atomic E-state index is 6.77. The summed E-state index contributed by atoms with van der Waals surface area (Å²) in [6.45, 7) is 2.13. The summed E-state index contributed by atoms with van der Waals surface area (Å²) in [7, 11) is -0.300. The molecule has 5 aromatic carbocycles. The van der Waals surface area contributed by atoms with Crippen molar-refractivity contribution in [1.29, 1.82) is 0 Å². The highest BCUT2D eigenvalue weighted by molar-refractivity contribution is 6.77. The van der Waals surface area contributed by atoms with Crippen molar-refractivity contribution >= 4 is 23.9 Å². The fourth-order valence-corrected chi connectivity index (χ4v) is 4.84. The molecule has 34 heavy (non-hydrogen) atoms. The topological polar surface area (TPSA) is 12.5 Å². The molecule has 3 heteroatoms. The molecule has 1 aliphatic rings. The first-order valence-corrected chi connectivity index (χ1v) is 11.6. The van der Waals surface area contributed by atoms with Crippen molar-refractivity contribution in [2.45, 2.75) is 6.92 Å². The molecule has 0 bridgehead atoms. The molecule has 1 heterocycles. The molecule has 162 valence electrons. The van der Waals surface area contributed by atoms with Crippen LogP contribution < -0.4 is 14.9 Å². The standard InChI is InChI=1S/C31H24BNO/c1-23-20-21-30-29(22-23)33(26-16-9-4-10-17-26)32(34-30)31-27(24-12-5-2-6-13-24)18-11-19-28(31)25-14-7-3-8-15-25/h2-22H,1H3. The lowest BCUT2D eigenvalue weighted by Crippen LogP contribution is -2.48. The lowest BCUT2D eigenvalue weighted by Gasteiger charge is -2.26. The predicted octanol–water partition coefficient (Wildman–Crippen LogP) is 7.25. The lowest BCUT2D eigenvalue weighted by molar-refractivity contribution is 0.603. The zero-order valence-corrected chi connectivity index (χ0v) is 19.1. The van der Waals surface area contributed by atoms with Gasteiger partial charge in [-0.3, -0.25) is 0 Å². The van der Waals surface area contributed by atoms with Crippen LogP contribution >= 0.6 is 0 Å². The highest BCUT2D eigenvalue weighted by Crippen LogP contribution is 2.42. The molecule has 0 N–H and O–H groups in total. The smallest absolute Gasteiger partial charge is 0.525 e. The van der Waals surface area contributed by atoms with Gasteiger partial charge in [0, 0.05) is 11.2 Å². The molecule has 0 amide bonds. The van der Waals surface area contributed by atoms with Gasteiger partial charge in [0.05, 0.1) is 5.69 Å². The maximum atomic E-state index is 6.77. The van der Waals surface area contributed by atoms with Crippen LogP contribution in [0.15, 0.2) is 127 Å². The second kappa shape index (κ2) is 8.60. The number of para-hydroxylation sites is 1. The third kappa shape index (κ3) is 3.56. The summed E-state index contributed by atoms with van der Waals surface area (Å²) in [6, 6.07) is 44.7. The molecule has 0 unspecified atom stereocenters. The first kappa shape index (κ1) is 20.4. The van der Waals surface area contributed by atoms with Crippen LogP contribution in [0.2, 0.25) is 0 Å². The Hall–Kier alpha value is -4.24. The Kier molecular flexibility index (Phi) is 5.16. The molecule has 0 aromatic heterocycles. The maximum Gasteiger partial charge on any atom is 0.525 e. The number of hydrogen-bond acceptors (Lipinski definition) is 2. The van der Waals surface area contributed by atoms with Gasteiger partial charge in [0.15, 0.2) is 0 Å². The van der Waals surface area contributed by atoms with E-state index in [0.717, 1.165) is 22.6 Å². The third-order valence-electron chi connectivity index (χ3n) is 6.40. The van der Waals surface area contributed by atoms with Crippen molar-refractivity contribution in [2.24, 2.45) is 0 Å². The van der Waals surface area contributed by atoms with Crippen LogP contribution in [0.5, 0.6) is 5.75 Å². The third-order valence-corrected chi connectivity index (χ3v) is 6.40. The summed E-state index contributed by atoms with van der Waals surface area (Å²) in [4.78, 5) is 2.33. The number of anilines is 2. The van der Waals surface area contributed by atoms with Crippen molar-refractivity contribution in [3.8, 4) is 28.0 Å². The molecular formula is C31H24BNO. The molecule has 0 radical (unpaired) electrons. The Morgan fingerprint density at radius 2 is 1.15 bits per heavy atom. The molecule has 0 fully saturated rings. The van der Waals surface area contributed by atoms with Crippen molar-refractivity contribution in [1.82, 2.24) is 0 Å². The Morgan fingerprint density at radius 1 is 0.588 bits per heavy atom. The normalized spacial score (nSPS) is 12.4. The van der Waals surface area contributed by atoms with Crippen molar-refractivity contribution in [3.63, 3.8) is 0 Å². The van der Waals surface area contributed by atoms with Crippen LogP contribution in [0, 0.1) is 6.92 Å². The minimum absolute atomic E-state index is 0.300. The van der Waals surface area contributed by atoms with Crippen LogP contribution in [0.4, 0.5) is 11.4 Å². The van der Waals surface area contributed by atoms with E-state index in [2.05, 4.69) is 139 Å². The fraction of sp³-hybridized carbons (Fsp3) is 0.0323. The molecule has 0 atom stereocenters. The van der Waals surface area contributed by atoms with Gasteiger partial charge < -0.3 is 9.47 Å². The van der Waals surface area contributed by atoms with Crippen LogP contribution in [0.3, 0.4) is 0 Å². The molecule has 2 nitrogen and oxygen atoms in total. The average molecular weight is 437 g/mol. The number of rotatable bonds is 4. The van der Waals surface area contributed by atoms with E-state index in [4.69, 9.17) is 4.65 Å². The van der Waals surface area contributed by atoms with Crippen molar-refractivity contribution in [2.75, 3.05) is 4.81 Å². The first-order chi connectivity index (χ1) is 16.8. The van der Waals surface area contributed by atoms with E-state index in [1.54, 1.807) is 0 Å². The second-order valence-corrected chi connectivity index (χ2v) is 8.65. The number of fused-ring (bicyclic) bond motifs is 1. The van der Waals surface area contributed by atoms with Gasteiger partial charge in [0.2, 0.25) is 0 Å². The molecule has 0 saturated carbocycles. The minimum atomic E-state index is -0.300. The molecule has 5 aromatic rings. The predicted molar refractivity (Wildman–Crippen MR) is 143 cm³/mol. The highest BCUT2D eigenvalue weighted by Gasteiger charge is 2.42. The zero-order valence-electron chi connectivity index (χ0n) is 19.1. The van der Waals surface area contributed by atoms with E-state index in [9.17, 15) is 0 Å². The molecular weight excluding hydrogens is 413 g/mol. The van der Waals surface area contributed by atoms with Crippen LogP contribution in [-0.4, -0.2) is 7.05 Å². The molecule has 0 aliphatic carbocycles. The van der Waals surface area contributed by atoms with Gasteiger partial charge in [-0.1, -0.05) is 103 Å². The quantitative estimate of drug-likeness (QED) is 0.275. The number of hydrogen-bond donors (Lipinski definition) is 0. The van der Waals surface area contributed by atoms with E-state index in [-0.39, 0.29) is 7.05 Å². The Bertz CT molecular complexity index is 1380. The van der Waals surface area contributed by atoms with E-state index < -0.39 is 0 Å². The molecule has 1 aliphatic heterocycles. The van der Waals surface area contributed by atoms with Gasteiger partial charge in [-0.25, -0.2) is 0 Å². The van der Waals surface area contributed by atoms with Crippen LogP contribution in [0.1, 0.15) is 5.56 Å². The van der Waals surface area contributed by atoms with Crippen molar-refractivity contribution in [3.05, 3.63) is 133 Å². The first-order valence-electron chi connectivity index (χ1n) is 11.6. The van der Waals surface area contributed by atoms with Gasteiger partial charge in [0.1, 0.15) is 5.75 Å². The van der Waals surface area contributed by atoms with Gasteiger partial charge in [-0.2, -0.15) is 0 Å². The summed E-state index contributed by atoms with van der Waals surface area (Å²) < 4.78 is 6.77. The minimum Gasteiger partial charge on any atom is -0.536 e. The SMILES string of the molecule is Cc1ccc2c(c1)N(c1ccccc1)B(c1c(-c3ccccc3)cccc1-c1ccccc1)O2. The lowest BCUT2D eigenvalue weighted by atomic mass is 9.65. The summed E-state index contributed by atoms with van der Waals surface area (Å²) in [5.41, 5.74) is 9.30. The molecule has 6 rings (SSSR count).